The third-order valence-electron chi connectivity index (χ3n) is 2.13. The smallest absolute Gasteiger partial charge is 0.154 e. The average molecular weight is 192 g/mol. The van der Waals surface area contributed by atoms with Crippen LogP contribution in [0.25, 0.3) is 5.65 Å². The Morgan fingerprint density at radius 2 is 2.43 bits per heavy atom. The second-order valence-electron chi connectivity index (χ2n) is 3.14. The van der Waals surface area contributed by atoms with Crippen LogP contribution in [0.3, 0.4) is 0 Å². The maximum atomic E-state index is 8.75. The van der Waals surface area contributed by atoms with Crippen LogP contribution in [0.1, 0.15) is 18.0 Å². The summed E-state index contributed by atoms with van der Waals surface area (Å²) in [4.78, 5) is 4.18. The average Bonchev–Trinajstić information content (AvgIpc) is 2.64. The molecule has 5 nitrogen and oxygen atoms in total. The Labute approximate surface area is 81.2 Å². The van der Waals surface area contributed by atoms with Gasteiger partial charge in [0, 0.05) is 36.7 Å². The molecule has 0 aliphatic heterocycles. The van der Waals surface area contributed by atoms with Gasteiger partial charge in [-0.15, -0.1) is 0 Å². The fraction of sp³-hybridized carbons (Fsp3) is 0.333. The predicted molar refractivity (Wildman–Crippen MR) is 51.6 cm³/mol. The zero-order valence-corrected chi connectivity index (χ0v) is 7.67. The van der Waals surface area contributed by atoms with Crippen LogP contribution in [0, 0.1) is 0 Å². The highest BCUT2D eigenvalue weighted by molar-refractivity contribution is 5.36. The first-order valence-corrected chi connectivity index (χ1v) is 4.47. The minimum absolute atomic E-state index is 0.0817. The molecule has 0 fully saturated rings. The Bertz CT molecular complexity index is 425. The van der Waals surface area contributed by atoms with E-state index in [2.05, 4.69) is 10.1 Å². The third-order valence-corrected chi connectivity index (χ3v) is 2.13. The van der Waals surface area contributed by atoms with Gasteiger partial charge in [0.05, 0.1) is 6.20 Å². The number of nitrogens with zero attached hydrogens (tertiary/aromatic N) is 3. The molecule has 3 N–H and O–H groups in total. The number of nitrogens with two attached hydrogens (primary N) is 1. The van der Waals surface area contributed by atoms with Crippen LogP contribution < -0.4 is 5.73 Å². The molecule has 2 aromatic rings. The summed E-state index contributed by atoms with van der Waals surface area (Å²) in [6.45, 7) is 0.0817. The van der Waals surface area contributed by atoms with Gasteiger partial charge in [-0.3, -0.25) is 0 Å². The SMILES string of the molecule is NC(CCO)c1cnc2ccnn2c1. The van der Waals surface area contributed by atoms with Gasteiger partial charge in [0.1, 0.15) is 0 Å². The van der Waals surface area contributed by atoms with E-state index in [-0.39, 0.29) is 12.6 Å². The van der Waals surface area contributed by atoms with E-state index in [1.165, 1.54) is 0 Å². The molecule has 2 rings (SSSR count). The van der Waals surface area contributed by atoms with E-state index in [1.807, 2.05) is 12.3 Å². The van der Waals surface area contributed by atoms with Crippen molar-refractivity contribution < 1.29 is 5.11 Å². The van der Waals surface area contributed by atoms with Crippen LogP contribution in [0.5, 0.6) is 0 Å². The van der Waals surface area contributed by atoms with Gasteiger partial charge in [-0.2, -0.15) is 5.10 Å². The number of hydrogen-bond acceptors (Lipinski definition) is 4. The van der Waals surface area contributed by atoms with Crippen molar-refractivity contribution in [1.82, 2.24) is 14.6 Å². The Morgan fingerprint density at radius 3 is 3.21 bits per heavy atom. The van der Waals surface area contributed by atoms with Crippen LogP contribution in [-0.4, -0.2) is 26.3 Å². The quantitative estimate of drug-likeness (QED) is 0.723. The molecule has 5 heteroatoms. The first-order valence-electron chi connectivity index (χ1n) is 4.47. The Hall–Kier alpha value is -1.46. The molecular formula is C9H12N4O. The zero-order chi connectivity index (χ0) is 9.97. The number of aliphatic hydroxyl groups excluding tert-OH is 1. The number of rotatable bonds is 3. The highest BCUT2D eigenvalue weighted by Gasteiger charge is 2.06. The molecule has 0 radical (unpaired) electrons. The second-order valence-corrected chi connectivity index (χ2v) is 3.14. The van der Waals surface area contributed by atoms with Crippen molar-refractivity contribution in [3.05, 3.63) is 30.2 Å². The lowest BCUT2D eigenvalue weighted by molar-refractivity contribution is 0.276. The second kappa shape index (κ2) is 3.73. The van der Waals surface area contributed by atoms with Crippen LogP contribution >= 0.6 is 0 Å². The van der Waals surface area contributed by atoms with Crippen molar-refractivity contribution in [1.29, 1.82) is 0 Å². The fourth-order valence-corrected chi connectivity index (χ4v) is 1.32. The summed E-state index contributed by atoms with van der Waals surface area (Å²) in [6, 6.07) is 1.64. The van der Waals surface area contributed by atoms with Crippen LogP contribution in [0.15, 0.2) is 24.7 Å². The number of aromatic nitrogens is 3. The Kier molecular flexibility index (Phi) is 2.43. The lowest BCUT2D eigenvalue weighted by atomic mass is 10.1. The molecule has 0 aromatic carbocycles. The van der Waals surface area contributed by atoms with Gasteiger partial charge in [-0.25, -0.2) is 9.50 Å². The first-order chi connectivity index (χ1) is 6.81. The normalized spacial score (nSPS) is 13.3. The van der Waals surface area contributed by atoms with Gasteiger partial charge in [0.25, 0.3) is 0 Å². The number of fused-ring (bicyclic) bond motifs is 1. The lowest BCUT2D eigenvalue weighted by Crippen LogP contribution is -2.13. The lowest BCUT2D eigenvalue weighted by Gasteiger charge is -2.09. The summed E-state index contributed by atoms with van der Waals surface area (Å²) in [5, 5.41) is 12.8. The molecule has 0 saturated heterocycles. The summed E-state index contributed by atoms with van der Waals surface area (Å²) in [6.07, 6.45) is 5.78. The van der Waals surface area contributed by atoms with E-state index < -0.39 is 0 Å². The van der Waals surface area contributed by atoms with Crippen molar-refractivity contribution in [2.24, 2.45) is 5.73 Å². The predicted octanol–water partition coefficient (Wildman–Crippen LogP) is 0.111. The molecule has 1 atom stereocenters. The number of aliphatic hydroxyl groups is 1. The largest absolute Gasteiger partial charge is 0.396 e. The fourth-order valence-electron chi connectivity index (χ4n) is 1.32. The van der Waals surface area contributed by atoms with Crippen LogP contribution in [0.2, 0.25) is 0 Å². The zero-order valence-electron chi connectivity index (χ0n) is 7.67. The third kappa shape index (κ3) is 1.59. The summed E-state index contributed by atoms with van der Waals surface area (Å²) in [5.41, 5.74) is 7.50. The van der Waals surface area contributed by atoms with Crippen molar-refractivity contribution in [3.8, 4) is 0 Å². The molecule has 14 heavy (non-hydrogen) atoms. The summed E-state index contributed by atoms with van der Waals surface area (Å²) in [7, 11) is 0. The van der Waals surface area contributed by atoms with Crippen molar-refractivity contribution in [2.45, 2.75) is 12.5 Å². The summed E-state index contributed by atoms with van der Waals surface area (Å²) < 4.78 is 1.67. The van der Waals surface area contributed by atoms with Crippen LogP contribution in [0.4, 0.5) is 0 Å². The molecule has 2 aromatic heterocycles. The standard InChI is InChI=1S/C9H12N4O/c10-8(2-4-14)7-5-11-9-1-3-12-13(9)6-7/h1,3,5-6,8,14H,2,4,10H2. The molecule has 74 valence electrons. The van der Waals surface area contributed by atoms with Crippen molar-refractivity contribution >= 4 is 5.65 Å². The van der Waals surface area contributed by atoms with Crippen LogP contribution in [-0.2, 0) is 0 Å². The molecular weight excluding hydrogens is 180 g/mol. The Morgan fingerprint density at radius 1 is 1.57 bits per heavy atom. The molecule has 0 spiro atoms. The van der Waals surface area contributed by atoms with E-state index in [1.54, 1.807) is 16.9 Å². The van der Waals surface area contributed by atoms with E-state index in [0.29, 0.717) is 6.42 Å². The maximum Gasteiger partial charge on any atom is 0.154 e. The van der Waals surface area contributed by atoms with Gasteiger partial charge in [0.15, 0.2) is 5.65 Å². The molecule has 0 saturated carbocycles. The minimum Gasteiger partial charge on any atom is -0.396 e. The molecule has 0 aliphatic rings. The van der Waals surface area contributed by atoms with Gasteiger partial charge < -0.3 is 10.8 Å². The molecule has 0 bridgehead atoms. The van der Waals surface area contributed by atoms with E-state index in [0.717, 1.165) is 11.2 Å². The van der Waals surface area contributed by atoms with Crippen molar-refractivity contribution in [2.75, 3.05) is 6.61 Å². The van der Waals surface area contributed by atoms with E-state index >= 15 is 0 Å². The Balaban J connectivity index is 2.33. The van der Waals surface area contributed by atoms with E-state index in [4.69, 9.17) is 10.8 Å². The first kappa shape index (κ1) is 9.11. The van der Waals surface area contributed by atoms with Gasteiger partial charge in [0.2, 0.25) is 0 Å². The summed E-state index contributed by atoms with van der Waals surface area (Å²) in [5.74, 6) is 0. The van der Waals surface area contributed by atoms with Crippen molar-refractivity contribution in [3.63, 3.8) is 0 Å². The topological polar surface area (TPSA) is 76.4 Å². The molecule has 2 heterocycles. The summed E-state index contributed by atoms with van der Waals surface area (Å²) >= 11 is 0. The van der Waals surface area contributed by atoms with E-state index in [9.17, 15) is 0 Å². The van der Waals surface area contributed by atoms with Gasteiger partial charge in [-0.05, 0) is 6.42 Å². The minimum atomic E-state index is -0.180. The molecule has 0 amide bonds. The van der Waals surface area contributed by atoms with Gasteiger partial charge in [-0.1, -0.05) is 0 Å². The molecule has 0 aliphatic carbocycles. The highest BCUT2D eigenvalue weighted by Crippen LogP contribution is 2.12. The highest BCUT2D eigenvalue weighted by atomic mass is 16.3. The number of hydrogen-bond donors (Lipinski definition) is 2. The monoisotopic (exact) mass is 192 g/mol. The maximum absolute atomic E-state index is 8.75. The van der Waals surface area contributed by atoms with Gasteiger partial charge >= 0.3 is 0 Å². The molecule has 1 unspecified atom stereocenters.